The Bertz CT molecular complexity index is 876. The van der Waals surface area contributed by atoms with Crippen molar-refractivity contribution in [3.05, 3.63) is 40.4 Å². The van der Waals surface area contributed by atoms with E-state index in [-0.39, 0.29) is 17.5 Å². The number of H-pyrrole nitrogens is 1. The maximum Gasteiger partial charge on any atom is 0.308 e. The third-order valence-corrected chi connectivity index (χ3v) is 5.09. The molecular formula is C19H23N3O4. The lowest BCUT2D eigenvalue weighted by molar-refractivity contribution is -0.149. The van der Waals surface area contributed by atoms with Crippen molar-refractivity contribution < 1.29 is 14.7 Å². The number of nitrogens with one attached hydrogen (secondary N) is 1. The smallest absolute Gasteiger partial charge is 0.308 e. The molecule has 0 spiro atoms. The summed E-state index contributed by atoms with van der Waals surface area (Å²) in [6, 6.07) is 6.86. The summed E-state index contributed by atoms with van der Waals surface area (Å²) in [5, 5.41) is 9.82. The molecule has 0 aliphatic carbocycles. The molecule has 1 aliphatic rings. The summed E-state index contributed by atoms with van der Waals surface area (Å²) in [7, 11) is 0. The number of nitrogens with zero attached hydrogens (tertiary/aromatic N) is 2. The molecule has 0 saturated carbocycles. The van der Waals surface area contributed by atoms with Gasteiger partial charge in [-0.1, -0.05) is 12.1 Å². The first-order valence-electron chi connectivity index (χ1n) is 8.97. The molecule has 2 aromatic rings. The van der Waals surface area contributed by atoms with Crippen LogP contribution in [0, 0.1) is 5.92 Å². The van der Waals surface area contributed by atoms with Gasteiger partial charge in [0.2, 0.25) is 5.91 Å². The third kappa shape index (κ3) is 3.76. The van der Waals surface area contributed by atoms with Crippen LogP contribution in [0.1, 0.15) is 38.4 Å². The number of aliphatic carboxylic acids is 1. The van der Waals surface area contributed by atoms with E-state index in [1.54, 1.807) is 30.0 Å². The number of hydrogen-bond acceptors (Lipinski definition) is 4. The number of carboxylic acid groups (broad SMARTS) is 1. The molecule has 2 atom stereocenters. The van der Waals surface area contributed by atoms with E-state index in [0.29, 0.717) is 55.4 Å². The van der Waals surface area contributed by atoms with Crippen LogP contribution in [-0.4, -0.2) is 44.4 Å². The summed E-state index contributed by atoms with van der Waals surface area (Å²) in [6.07, 6.45) is 2.69. The van der Waals surface area contributed by atoms with Crippen molar-refractivity contribution in [1.29, 1.82) is 0 Å². The Balaban J connectivity index is 1.60. The van der Waals surface area contributed by atoms with Crippen LogP contribution in [0.15, 0.2) is 29.1 Å². The Morgan fingerprint density at radius 3 is 2.88 bits per heavy atom. The molecule has 26 heavy (non-hydrogen) atoms. The number of hydrogen-bond donors (Lipinski definition) is 2. The Morgan fingerprint density at radius 2 is 2.12 bits per heavy atom. The van der Waals surface area contributed by atoms with Crippen molar-refractivity contribution in [2.24, 2.45) is 5.92 Å². The van der Waals surface area contributed by atoms with Crippen molar-refractivity contribution in [3.8, 4) is 0 Å². The summed E-state index contributed by atoms with van der Waals surface area (Å²) < 4.78 is 0. The van der Waals surface area contributed by atoms with Gasteiger partial charge in [-0.3, -0.25) is 14.4 Å². The molecule has 3 rings (SSSR count). The van der Waals surface area contributed by atoms with Crippen LogP contribution in [0.25, 0.3) is 10.9 Å². The highest BCUT2D eigenvalue weighted by Gasteiger charge is 2.34. The van der Waals surface area contributed by atoms with Gasteiger partial charge in [-0.25, -0.2) is 4.98 Å². The van der Waals surface area contributed by atoms with E-state index in [1.807, 2.05) is 6.07 Å². The number of aryl methyl sites for hydroxylation is 1. The molecule has 2 N–H and O–H groups in total. The van der Waals surface area contributed by atoms with Crippen molar-refractivity contribution in [1.82, 2.24) is 14.9 Å². The zero-order valence-corrected chi connectivity index (χ0v) is 14.8. The largest absolute Gasteiger partial charge is 0.481 e. The quantitative estimate of drug-likeness (QED) is 0.851. The first kappa shape index (κ1) is 18.1. The van der Waals surface area contributed by atoms with Crippen LogP contribution >= 0.6 is 0 Å². The number of carboxylic acids is 1. The Morgan fingerprint density at radius 1 is 1.35 bits per heavy atom. The standard InChI is InChI=1S/C19H23N3O4/c1-12-13(19(25)26)7-5-11-22(12)17(23)10-4-9-16-20-15-8-3-2-6-14(15)18(24)21-16/h2-3,6,8,12-13H,4-5,7,9-11H2,1H3,(H,25,26)(H,20,21,24)/t12-,13-/m1/s1. The number of carbonyl (C=O) groups excluding carboxylic acids is 1. The number of aromatic amines is 1. The van der Waals surface area contributed by atoms with E-state index in [2.05, 4.69) is 9.97 Å². The minimum atomic E-state index is -0.840. The molecule has 0 radical (unpaired) electrons. The topological polar surface area (TPSA) is 103 Å². The molecule has 7 nitrogen and oxygen atoms in total. The van der Waals surface area contributed by atoms with Gasteiger partial charge in [0.05, 0.1) is 16.8 Å². The van der Waals surface area contributed by atoms with E-state index < -0.39 is 11.9 Å². The van der Waals surface area contributed by atoms with Gasteiger partial charge >= 0.3 is 5.97 Å². The molecule has 1 aromatic heterocycles. The van der Waals surface area contributed by atoms with E-state index in [0.717, 1.165) is 0 Å². The molecule has 0 unspecified atom stereocenters. The number of piperidine rings is 1. The summed E-state index contributed by atoms with van der Waals surface area (Å²) in [4.78, 5) is 44.7. The fourth-order valence-electron chi connectivity index (χ4n) is 3.63. The van der Waals surface area contributed by atoms with Crippen LogP contribution in [0.4, 0.5) is 0 Å². The molecule has 1 aromatic carbocycles. The first-order valence-corrected chi connectivity index (χ1v) is 8.97. The van der Waals surface area contributed by atoms with Crippen molar-refractivity contribution in [2.45, 2.75) is 45.1 Å². The zero-order valence-electron chi connectivity index (χ0n) is 14.8. The van der Waals surface area contributed by atoms with Crippen molar-refractivity contribution in [3.63, 3.8) is 0 Å². The average Bonchev–Trinajstić information content (AvgIpc) is 2.61. The molecule has 1 saturated heterocycles. The molecule has 138 valence electrons. The first-order chi connectivity index (χ1) is 12.5. The highest BCUT2D eigenvalue weighted by atomic mass is 16.4. The van der Waals surface area contributed by atoms with Crippen molar-refractivity contribution >= 4 is 22.8 Å². The second-order valence-corrected chi connectivity index (χ2v) is 6.80. The van der Waals surface area contributed by atoms with Gasteiger partial charge < -0.3 is 15.0 Å². The lowest BCUT2D eigenvalue weighted by atomic mass is 9.90. The van der Waals surface area contributed by atoms with Crippen LogP contribution in [0.3, 0.4) is 0 Å². The summed E-state index contributed by atoms with van der Waals surface area (Å²) in [5.74, 6) is -0.803. The number of amides is 1. The van der Waals surface area contributed by atoms with Gasteiger partial charge in [0.15, 0.2) is 0 Å². The number of benzene rings is 1. The van der Waals surface area contributed by atoms with Gasteiger partial charge in [0, 0.05) is 25.4 Å². The number of likely N-dealkylation sites (tertiary alicyclic amines) is 1. The molecule has 1 aliphatic heterocycles. The van der Waals surface area contributed by atoms with E-state index in [1.165, 1.54) is 0 Å². The molecule has 7 heteroatoms. The maximum absolute atomic E-state index is 12.5. The Hall–Kier alpha value is -2.70. The SMILES string of the molecule is C[C@@H]1[C@H](C(=O)O)CCCN1C(=O)CCCc1nc2ccccc2c(=O)[nH]1. The lowest BCUT2D eigenvalue weighted by Gasteiger charge is -2.37. The average molecular weight is 357 g/mol. The maximum atomic E-state index is 12.5. The zero-order chi connectivity index (χ0) is 18.7. The molecule has 1 amide bonds. The summed E-state index contributed by atoms with van der Waals surface area (Å²) in [6.45, 7) is 2.41. The Kier molecular flexibility index (Phi) is 5.35. The van der Waals surface area contributed by atoms with Crippen LogP contribution in [-0.2, 0) is 16.0 Å². The monoisotopic (exact) mass is 357 g/mol. The van der Waals surface area contributed by atoms with Crippen LogP contribution < -0.4 is 5.56 Å². The molecule has 0 bridgehead atoms. The normalized spacial score (nSPS) is 20.3. The summed E-state index contributed by atoms with van der Waals surface area (Å²) in [5.41, 5.74) is 0.470. The van der Waals surface area contributed by atoms with Crippen molar-refractivity contribution in [2.75, 3.05) is 6.54 Å². The van der Waals surface area contributed by atoms with E-state index >= 15 is 0 Å². The van der Waals surface area contributed by atoms with E-state index in [4.69, 9.17) is 0 Å². The second kappa shape index (κ2) is 7.68. The second-order valence-electron chi connectivity index (χ2n) is 6.80. The third-order valence-electron chi connectivity index (χ3n) is 5.09. The predicted molar refractivity (Wildman–Crippen MR) is 96.8 cm³/mol. The van der Waals surface area contributed by atoms with Gasteiger partial charge in [-0.2, -0.15) is 0 Å². The number of para-hydroxylation sites is 1. The van der Waals surface area contributed by atoms with Gasteiger partial charge in [-0.05, 0) is 38.3 Å². The minimum Gasteiger partial charge on any atom is -0.481 e. The molecule has 1 fully saturated rings. The van der Waals surface area contributed by atoms with Crippen LogP contribution in [0.5, 0.6) is 0 Å². The minimum absolute atomic E-state index is 0.0356. The van der Waals surface area contributed by atoms with Crippen LogP contribution in [0.2, 0.25) is 0 Å². The number of rotatable bonds is 5. The van der Waals surface area contributed by atoms with E-state index in [9.17, 15) is 19.5 Å². The fraction of sp³-hybridized carbons (Fsp3) is 0.474. The summed E-state index contributed by atoms with van der Waals surface area (Å²) >= 11 is 0. The highest BCUT2D eigenvalue weighted by Crippen LogP contribution is 2.24. The van der Waals surface area contributed by atoms with Gasteiger partial charge in [0.25, 0.3) is 5.56 Å². The highest BCUT2D eigenvalue weighted by molar-refractivity contribution is 5.79. The molecule has 2 heterocycles. The van der Waals surface area contributed by atoms with Gasteiger partial charge in [0.1, 0.15) is 5.82 Å². The fourth-order valence-corrected chi connectivity index (χ4v) is 3.63. The number of aromatic nitrogens is 2. The number of fused-ring (bicyclic) bond motifs is 1. The lowest BCUT2D eigenvalue weighted by Crippen LogP contribution is -2.49. The predicted octanol–water partition coefficient (Wildman–Crippen LogP) is 1.96. The van der Waals surface area contributed by atoms with Gasteiger partial charge in [-0.15, -0.1) is 0 Å². The Labute approximate surface area is 151 Å². The molecular weight excluding hydrogens is 334 g/mol. The number of carbonyl (C=O) groups is 2.